The summed E-state index contributed by atoms with van der Waals surface area (Å²) in [5.74, 6) is -0.845. The van der Waals surface area contributed by atoms with Gasteiger partial charge in [-0.25, -0.2) is 4.98 Å². The molecule has 0 N–H and O–H groups in total. The summed E-state index contributed by atoms with van der Waals surface area (Å²) in [5.41, 5.74) is 1.52. The molecule has 0 bridgehead atoms. The first kappa shape index (κ1) is 18.8. The first-order valence-electron chi connectivity index (χ1n) is 8.44. The fourth-order valence-electron chi connectivity index (χ4n) is 2.72. The molecule has 0 aliphatic carbocycles. The van der Waals surface area contributed by atoms with Gasteiger partial charge in [0.15, 0.2) is 9.81 Å². The van der Waals surface area contributed by atoms with Crippen molar-refractivity contribution in [1.29, 1.82) is 0 Å². The maximum atomic E-state index is 12.7. The van der Waals surface area contributed by atoms with Crippen LogP contribution < -0.4 is 4.80 Å². The standard InChI is InChI=1S/C19H14ClN3O3S2/c1-2-26-16(24)10-23-13-8-7-11(20)9-15(13)28-19(23)22-17(25)18-21-12-5-3-4-6-14(12)27-18/h3-9H,2,10H2,1H3. The smallest absolute Gasteiger partial charge is 0.326 e. The van der Waals surface area contributed by atoms with Crippen LogP contribution in [-0.4, -0.2) is 28.0 Å². The molecule has 142 valence electrons. The molecule has 0 aliphatic rings. The van der Waals surface area contributed by atoms with E-state index in [0.717, 1.165) is 20.4 Å². The average Bonchev–Trinajstić information content (AvgIpc) is 3.23. The molecular weight excluding hydrogens is 418 g/mol. The van der Waals surface area contributed by atoms with Gasteiger partial charge < -0.3 is 9.30 Å². The van der Waals surface area contributed by atoms with Crippen LogP contribution in [0.4, 0.5) is 0 Å². The molecule has 4 rings (SSSR count). The highest BCUT2D eigenvalue weighted by molar-refractivity contribution is 7.20. The summed E-state index contributed by atoms with van der Waals surface area (Å²) in [6.45, 7) is 1.99. The first-order chi connectivity index (χ1) is 13.5. The number of rotatable bonds is 4. The van der Waals surface area contributed by atoms with Crippen LogP contribution >= 0.6 is 34.3 Å². The monoisotopic (exact) mass is 431 g/mol. The van der Waals surface area contributed by atoms with Crippen LogP contribution in [0.25, 0.3) is 20.4 Å². The van der Waals surface area contributed by atoms with Gasteiger partial charge in [-0.2, -0.15) is 4.99 Å². The highest BCUT2D eigenvalue weighted by Gasteiger charge is 2.15. The summed E-state index contributed by atoms with van der Waals surface area (Å²) in [7, 11) is 0. The molecule has 0 atom stereocenters. The van der Waals surface area contributed by atoms with Crippen molar-refractivity contribution in [3.8, 4) is 0 Å². The third-order valence-electron chi connectivity index (χ3n) is 3.91. The lowest BCUT2D eigenvalue weighted by molar-refractivity contribution is -0.143. The maximum Gasteiger partial charge on any atom is 0.326 e. The van der Waals surface area contributed by atoms with Crippen LogP contribution in [-0.2, 0) is 16.1 Å². The Labute approximate surface area is 172 Å². The lowest BCUT2D eigenvalue weighted by Gasteiger charge is -2.04. The van der Waals surface area contributed by atoms with Crippen molar-refractivity contribution in [3.05, 3.63) is 57.3 Å². The largest absolute Gasteiger partial charge is 0.465 e. The topological polar surface area (TPSA) is 73.6 Å². The number of nitrogens with zero attached hydrogens (tertiary/aromatic N) is 3. The van der Waals surface area contributed by atoms with Crippen molar-refractivity contribution >= 4 is 66.6 Å². The van der Waals surface area contributed by atoms with Gasteiger partial charge >= 0.3 is 11.9 Å². The number of fused-ring (bicyclic) bond motifs is 2. The van der Waals surface area contributed by atoms with Gasteiger partial charge in [0.05, 0.1) is 27.0 Å². The number of esters is 1. The van der Waals surface area contributed by atoms with Crippen molar-refractivity contribution in [1.82, 2.24) is 9.55 Å². The third-order valence-corrected chi connectivity index (χ3v) is 6.21. The molecule has 0 unspecified atom stereocenters. The Morgan fingerprint density at radius 2 is 2.00 bits per heavy atom. The summed E-state index contributed by atoms with van der Waals surface area (Å²) in [4.78, 5) is 33.8. The van der Waals surface area contributed by atoms with E-state index in [0.29, 0.717) is 14.8 Å². The Kier molecular flexibility index (Phi) is 5.25. The van der Waals surface area contributed by atoms with Gasteiger partial charge in [-0.1, -0.05) is 35.1 Å². The molecule has 0 aliphatic heterocycles. The van der Waals surface area contributed by atoms with E-state index in [1.54, 1.807) is 29.7 Å². The van der Waals surface area contributed by atoms with Gasteiger partial charge in [0.25, 0.3) is 0 Å². The number of para-hydroxylation sites is 1. The van der Waals surface area contributed by atoms with Crippen LogP contribution in [0.5, 0.6) is 0 Å². The normalized spacial score (nSPS) is 12.0. The fourth-order valence-corrected chi connectivity index (χ4v) is 4.87. The fraction of sp³-hybridized carbons (Fsp3) is 0.158. The Hall–Kier alpha value is -2.55. The quantitative estimate of drug-likeness (QED) is 0.452. The lowest BCUT2D eigenvalue weighted by Crippen LogP contribution is -2.23. The van der Waals surface area contributed by atoms with Crippen LogP contribution in [0.3, 0.4) is 0 Å². The molecule has 2 heterocycles. The van der Waals surface area contributed by atoms with Gasteiger partial charge in [-0.3, -0.25) is 9.59 Å². The number of halogens is 1. The van der Waals surface area contributed by atoms with E-state index in [9.17, 15) is 9.59 Å². The van der Waals surface area contributed by atoms with Crippen LogP contribution in [0.1, 0.15) is 16.7 Å². The van der Waals surface area contributed by atoms with E-state index >= 15 is 0 Å². The van der Waals surface area contributed by atoms with E-state index in [4.69, 9.17) is 16.3 Å². The number of amides is 1. The predicted octanol–water partition coefficient (Wildman–Crippen LogP) is 4.27. The number of hydrogen-bond acceptors (Lipinski definition) is 6. The molecule has 0 spiro atoms. The molecule has 2 aromatic heterocycles. The summed E-state index contributed by atoms with van der Waals surface area (Å²) in [6.07, 6.45) is 0. The highest BCUT2D eigenvalue weighted by atomic mass is 35.5. The molecule has 0 fully saturated rings. The van der Waals surface area contributed by atoms with Crippen molar-refractivity contribution in [2.45, 2.75) is 13.5 Å². The van der Waals surface area contributed by atoms with Crippen LogP contribution in [0.15, 0.2) is 47.5 Å². The zero-order valence-electron chi connectivity index (χ0n) is 14.7. The molecule has 0 saturated heterocycles. The van der Waals surface area contributed by atoms with E-state index in [1.807, 2.05) is 24.3 Å². The SMILES string of the molecule is CCOC(=O)Cn1c(=NC(=O)c2nc3ccccc3s2)sc2cc(Cl)ccc21. The van der Waals surface area contributed by atoms with Gasteiger partial charge in [0.1, 0.15) is 6.54 Å². The third kappa shape index (κ3) is 3.71. The number of ether oxygens (including phenoxy) is 1. The minimum atomic E-state index is -0.448. The molecular formula is C19H14ClN3O3S2. The Morgan fingerprint density at radius 1 is 1.18 bits per heavy atom. The van der Waals surface area contributed by atoms with Crippen molar-refractivity contribution in [2.75, 3.05) is 6.61 Å². The molecule has 2 aromatic carbocycles. The second-order valence-electron chi connectivity index (χ2n) is 5.79. The summed E-state index contributed by atoms with van der Waals surface area (Å²) >= 11 is 8.66. The minimum absolute atomic E-state index is 0.0402. The maximum absolute atomic E-state index is 12.7. The minimum Gasteiger partial charge on any atom is -0.465 e. The zero-order valence-corrected chi connectivity index (χ0v) is 17.1. The van der Waals surface area contributed by atoms with E-state index in [2.05, 4.69) is 9.98 Å². The molecule has 0 saturated carbocycles. The average molecular weight is 432 g/mol. The molecule has 4 aromatic rings. The Morgan fingerprint density at radius 3 is 2.79 bits per heavy atom. The van der Waals surface area contributed by atoms with Gasteiger partial charge in [0, 0.05) is 5.02 Å². The van der Waals surface area contributed by atoms with E-state index < -0.39 is 11.9 Å². The summed E-state index contributed by atoms with van der Waals surface area (Å²) in [5, 5.41) is 0.875. The lowest BCUT2D eigenvalue weighted by atomic mass is 10.3. The second-order valence-corrected chi connectivity index (χ2v) is 8.27. The zero-order chi connectivity index (χ0) is 19.7. The van der Waals surface area contributed by atoms with Gasteiger partial charge in [-0.05, 0) is 37.3 Å². The molecule has 1 amide bonds. The predicted molar refractivity (Wildman–Crippen MR) is 111 cm³/mol. The Balaban J connectivity index is 1.81. The molecule has 28 heavy (non-hydrogen) atoms. The van der Waals surface area contributed by atoms with E-state index in [1.165, 1.54) is 22.7 Å². The molecule has 0 radical (unpaired) electrons. The van der Waals surface area contributed by atoms with Gasteiger partial charge in [-0.15, -0.1) is 11.3 Å². The number of benzene rings is 2. The van der Waals surface area contributed by atoms with E-state index in [-0.39, 0.29) is 13.2 Å². The van der Waals surface area contributed by atoms with Gasteiger partial charge in [0.2, 0.25) is 0 Å². The second kappa shape index (κ2) is 7.83. The number of carbonyl (C=O) groups is 2. The highest BCUT2D eigenvalue weighted by Crippen LogP contribution is 2.24. The van der Waals surface area contributed by atoms with Crippen molar-refractivity contribution in [2.24, 2.45) is 4.99 Å². The first-order valence-corrected chi connectivity index (χ1v) is 10.5. The van der Waals surface area contributed by atoms with Crippen LogP contribution in [0, 0.1) is 0 Å². The van der Waals surface area contributed by atoms with Crippen molar-refractivity contribution < 1.29 is 14.3 Å². The number of carbonyl (C=O) groups excluding carboxylic acids is 2. The summed E-state index contributed by atoms with van der Waals surface area (Å²) < 4.78 is 8.47. The Bertz CT molecular complexity index is 1240. The summed E-state index contributed by atoms with van der Waals surface area (Å²) in [6, 6.07) is 12.8. The number of aromatic nitrogens is 2. The number of thiazole rings is 2. The number of hydrogen-bond donors (Lipinski definition) is 0. The van der Waals surface area contributed by atoms with Crippen molar-refractivity contribution in [3.63, 3.8) is 0 Å². The van der Waals surface area contributed by atoms with Crippen LogP contribution in [0.2, 0.25) is 5.02 Å². The molecule has 6 nitrogen and oxygen atoms in total. The molecule has 9 heteroatoms.